The van der Waals surface area contributed by atoms with Crippen molar-refractivity contribution in [2.75, 3.05) is 19.1 Å². The zero-order chi connectivity index (χ0) is 11.3. The van der Waals surface area contributed by atoms with Crippen LogP contribution in [-0.2, 0) is 4.79 Å². The first-order valence-electron chi connectivity index (χ1n) is 4.71. The number of nitrogens with zero attached hydrogens (tertiary/aromatic N) is 2. The van der Waals surface area contributed by atoms with Gasteiger partial charge in [0.05, 0.1) is 5.69 Å². The average molecular weight is 205 g/mol. The van der Waals surface area contributed by atoms with E-state index < -0.39 is 0 Å². The van der Waals surface area contributed by atoms with Crippen LogP contribution in [0.4, 0.5) is 5.69 Å². The zero-order valence-corrected chi connectivity index (χ0v) is 9.19. The second-order valence-electron chi connectivity index (χ2n) is 3.12. The lowest BCUT2D eigenvalue weighted by molar-refractivity contribution is -0.114. The van der Waals surface area contributed by atoms with E-state index in [1.165, 1.54) is 0 Å². The quantitative estimate of drug-likeness (QED) is 0.596. The highest BCUT2D eigenvalue weighted by Gasteiger charge is 2.04. The van der Waals surface area contributed by atoms with E-state index in [4.69, 9.17) is 0 Å². The highest BCUT2D eigenvalue weighted by Crippen LogP contribution is 2.10. The number of nitrogens with one attached hydrogen (secondary N) is 1. The predicted molar refractivity (Wildman–Crippen MR) is 62.0 cm³/mol. The Morgan fingerprint density at radius 2 is 1.93 bits per heavy atom. The summed E-state index contributed by atoms with van der Waals surface area (Å²) >= 11 is 0. The molecule has 15 heavy (non-hydrogen) atoms. The van der Waals surface area contributed by atoms with E-state index in [0.29, 0.717) is 5.71 Å². The molecule has 0 aliphatic carbocycles. The van der Waals surface area contributed by atoms with Crippen LogP contribution in [0.5, 0.6) is 0 Å². The number of carbonyl (C=O) groups excluding carboxylic acids is 1. The summed E-state index contributed by atoms with van der Waals surface area (Å²) in [5.41, 5.74) is 1.38. The van der Waals surface area contributed by atoms with Gasteiger partial charge in [-0.15, -0.1) is 0 Å². The van der Waals surface area contributed by atoms with Crippen LogP contribution in [-0.4, -0.2) is 25.7 Å². The number of benzene rings is 1. The third-order valence-corrected chi connectivity index (χ3v) is 1.99. The number of hydrogen-bond donors (Lipinski definition) is 1. The molecule has 0 atom stereocenters. The fourth-order valence-electron chi connectivity index (χ4n) is 1.15. The van der Waals surface area contributed by atoms with Gasteiger partial charge in [-0.05, 0) is 19.1 Å². The van der Waals surface area contributed by atoms with Crippen molar-refractivity contribution in [2.45, 2.75) is 6.92 Å². The number of hydrazone groups is 1. The second-order valence-corrected chi connectivity index (χ2v) is 3.12. The fraction of sp³-hybridized carbons (Fsp3) is 0.273. The Bertz CT molecular complexity index is 359. The topological polar surface area (TPSA) is 44.7 Å². The van der Waals surface area contributed by atoms with Gasteiger partial charge >= 0.3 is 0 Å². The summed E-state index contributed by atoms with van der Waals surface area (Å²) in [5, 5.41) is 8.35. The maximum atomic E-state index is 11.2. The van der Waals surface area contributed by atoms with Gasteiger partial charge in [-0.3, -0.25) is 9.80 Å². The molecule has 1 aromatic carbocycles. The van der Waals surface area contributed by atoms with Gasteiger partial charge < -0.3 is 5.32 Å². The molecule has 4 heteroatoms. The molecule has 80 valence electrons. The van der Waals surface area contributed by atoms with Crippen molar-refractivity contribution in [2.24, 2.45) is 5.10 Å². The number of carbonyl (C=O) groups is 1. The minimum Gasteiger partial charge on any atom is -0.354 e. The van der Waals surface area contributed by atoms with E-state index in [2.05, 4.69) is 10.4 Å². The lowest BCUT2D eigenvalue weighted by atomic mass is 10.3. The van der Waals surface area contributed by atoms with E-state index in [1.54, 1.807) is 19.0 Å². The maximum Gasteiger partial charge on any atom is 0.266 e. The van der Waals surface area contributed by atoms with Crippen molar-refractivity contribution in [1.29, 1.82) is 0 Å². The standard InChI is InChI=1S/C11H15N3O/c1-9(11(15)12-2)13-14(3)10-7-5-4-6-8-10/h4-8H,1-3H3,(H,12,15). The number of amides is 1. The van der Waals surface area contributed by atoms with Crippen LogP contribution in [0.1, 0.15) is 6.92 Å². The van der Waals surface area contributed by atoms with Gasteiger partial charge in [0.1, 0.15) is 5.71 Å². The van der Waals surface area contributed by atoms with Gasteiger partial charge in [0.15, 0.2) is 0 Å². The Morgan fingerprint density at radius 3 is 2.47 bits per heavy atom. The molecular weight excluding hydrogens is 190 g/mol. The molecule has 0 heterocycles. The van der Waals surface area contributed by atoms with E-state index in [0.717, 1.165) is 5.69 Å². The number of para-hydroxylation sites is 1. The molecule has 0 aromatic heterocycles. The highest BCUT2D eigenvalue weighted by atomic mass is 16.1. The number of anilines is 1. The molecule has 0 saturated heterocycles. The number of rotatable bonds is 3. The summed E-state index contributed by atoms with van der Waals surface area (Å²) < 4.78 is 0. The molecule has 0 spiro atoms. The van der Waals surface area contributed by atoms with Crippen LogP contribution < -0.4 is 10.3 Å². The van der Waals surface area contributed by atoms with Crippen LogP contribution >= 0.6 is 0 Å². The summed E-state index contributed by atoms with van der Waals surface area (Å²) in [6.07, 6.45) is 0. The second kappa shape index (κ2) is 5.14. The molecule has 4 nitrogen and oxygen atoms in total. The lowest BCUT2D eigenvalue weighted by Gasteiger charge is -2.13. The van der Waals surface area contributed by atoms with Crippen LogP contribution in [0.25, 0.3) is 0 Å². The summed E-state index contributed by atoms with van der Waals surface area (Å²) in [5.74, 6) is -0.169. The third kappa shape index (κ3) is 3.09. The van der Waals surface area contributed by atoms with Crippen LogP contribution in [0.3, 0.4) is 0 Å². The van der Waals surface area contributed by atoms with Gasteiger partial charge in [0, 0.05) is 14.1 Å². The SMILES string of the molecule is CNC(=O)C(C)=NN(C)c1ccccc1. The summed E-state index contributed by atoms with van der Waals surface area (Å²) in [6, 6.07) is 9.65. The van der Waals surface area contributed by atoms with E-state index in [-0.39, 0.29) is 5.91 Å². The van der Waals surface area contributed by atoms with Crippen LogP contribution in [0, 0.1) is 0 Å². The van der Waals surface area contributed by atoms with Gasteiger partial charge in [-0.25, -0.2) is 0 Å². The van der Waals surface area contributed by atoms with E-state index >= 15 is 0 Å². The summed E-state index contributed by atoms with van der Waals surface area (Å²) in [4.78, 5) is 11.2. The van der Waals surface area contributed by atoms with E-state index in [1.807, 2.05) is 37.4 Å². The first-order chi connectivity index (χ1) is 7.15. The molecule has 1 N–H and O–H groups in total. The van der Waals surface area contributed by atoms with E-state index in [9.17, 15) is 4.79 Å². The molecular formula is C11H15N3O. The lowest BCUT2D eigenvalue weighted by Crippen LogP contribution is -2.27. The molecule has 0 radical (unpaired) electrons. The van der Waals surface area contributed by atoms with Gasteiger partial charge in [-0.1, -0.05) is 18.2 Å². The molecule has 1 rings (SSSR count). The van der Waals surface area contributed by atoms with Crippen molar-refractivity contribution < 1.29 is 4.79 Å². The molecule has 0 unspecified atom stereocenters. The predicted octanol–water partition coefficient (Wildman–Crippen LogP) is 1.24. The normalized spacial score (nSPS) is 11.0. The smallest absolute Gasteiger partial charge is 0.266 e. The molecule has 0 bridgehead atoms. The first-order valence-corrected chi connectivity index (χ1v) is 4.71. The van der Waals surface area contributed by atoms with Crippen LogP contribution in [0.2, 0.25) is 0 Å². The van der Waals surface area contributed by atoms with Crippen molar-refractivity contribution in [3.8, 4) is 0 Å². The largest absolute Gasteiger partial charge is 0.354 e. The van der Waals surface area contributed by atoms with Gasteiger partial charge in [0.2, 0.25) is 0 Å². The van der Waals surface area contributed by atoms with Crippen molar-refractivity contribution in [3.05, 3.63) is 30.3 Å². The molecule has 1 aromatic rings. The van der Waals surface area contributed by atoms with Crippen molar-refractivity contribution in [3.63, 3.8) is 0 Å². The Hall–Kier alpha value is -1.84. The molecule has 0 fully saturated rings. The Balaban J connectivity index is 2.79. The monoisotopic (exact) mass is 205 g/mol. The first kappa shape index (κ1) is 11.2. The van der Waals surface area contributed by atoms with Crippen molar-refractivity contribution >= 4 is 17.3 Å². The number of hydrogen-bond acceptors (Lipinski definition) is 3. The Morgan fingerprint density at radius 1 is 1.33 bits per heavy atom. The minimum atomic E-state index is -0.169. The Labute approximate surface area is 89.6 Å². The molecule has 0 aliphatic rings. The van der Waals surface area contributed by atoms with Gasteiger partial charge in [-0.2, -0.15) is 5.10 Å². The minimum absolute atomic E-state index is 0.169. The highest BCUT2D eigenvalue weighted by molar-refractivity contribution is 6.37. The molecule has 1 amide bonds. The van der Waals surface area contributed by atoms with Crippen LogP contribution in [0.15, 0.2) is 35.4 Å². The Kier molecular flexibility index (Phi) is 3.85. The third-order valence-electron chi connectivity index (χ3n) is 1.99. The molecule has 0 saturated carbocycles. The zero-order valence-electron chi connectivity index (χ0n) is 9.19. The van der Waals surface area contributed by atoms with Gasteiger partial charge in [0.25, 0.3) is 5.91 Å². The summed E-state index contributed by atoms with van der Waals surface area (Å²) in [7, 11) is 3.39. The maximum absolute atomic E-state index is 11.2. The average Bonchev–Trinajstić information content (AvgIpc) is 2.29. The fourth-order valence-corrected chi connectivity index (χ4v) is 1.15. The van der Waals surface area contributed by atoms with Crippen molar-refractivity contribution in [1.82, 2.24) is 5.32 Å². The summed E-state index contributed by atoms with van der Waals surface area (Å²) in [6.45, 7) is 1.68. The molecule has 0 aliphatic heterocycles.